The maximum Gasteiger partial charge on any atom is 0.306 e. The smallest absolute Gasteiger partial charge is 0.306 e. The van der Waals surface area contributed by atoms with E-state index >= 15 is 0 Å². The zero-order valence-corrected chi connectivity index (χ0v) is 20.7. The predicted molar refractivity (Wildman–Crippen MR) is 129 cm³/mol. The summed E-state index contributed by atoms with van der Waals surface area (Å²) in [6.45, 7) is 5.65. The van der Waals surface area contributed by atoms with E-state index in [-0.39, 0.29) is 17.5 Å². The first-order valence-electron chi connectivity index (χ1n) is 12.2. The summed E-state index contributed by atoms with van der Waals surface area (Å²) in [5.74, 6) is -0.468. The van der Waals surface area contributed by atoms with Crippen LogP contribution in [0.15, 0.2) is 23.1 Å². The van der Waals surface area contributed by atoms with Gasteiger partial charge in [-0.15, -0.1) is 0 Å². The number of ether oxygens (including phenoxy) is 1. The van der Waals surface area contributed by atoms with Crippen LogP contribution in [0.5, 0.6) is 0 Å². The van der Waals surface area contributed by atoms with Crippen LogP contribution in [0.2, 0.25) is 0 Å². The Balaban J connectivity index is 1.75. The molecule has 1 aromatic rings. The molecule has 1 amide bonds. The first-order valence-corrected chi connectivity index (χ1v) is 13.6. The van der Waals surface area contributed by atoms with Crippen molar-refractivity contribution in [3.63, 3.8) is 0 Å². The molecule has 0 spiro atoms. The molecule has 1 saturated heterocycles. The molecule has 1 heterocycles. The Labute approximate surface area is 197 Å². The van der Waals surface area contributed by atoms with Gasteiger partial charge in [-0.05, 0) is 56.2 Å². The van der Waals surface area contributed by atoms with E-state index < -0.39 is 15.9 Å². The van der Waals surface area contributed by atoms with Crippen LogP contribution in [-0.2, 0) is 24.3 Å². The molecule has 8 nitrogen and oxygen atoms in total. The van der Waals surface area contributed by atoms with E-state index in [1.54, 1.807) is 26.0 Å². The largest absolute Gasteiger partial charge is 0.456 e. The second kappa shape index (κ2) is 11.8. The minimum absolute atomic E-state index is 0.139. The summed E-state index contributed by atoms with van der Waals surface area (Å²) in [6.07, 6.45) is 7.96. The molecule has 1 aliphatic heterocycles. The van der Waals surface area contributed by atoms with Gasteiger partial charge in [-0.3, -0.25) is 9.59 Å². The molecule has 3 rings (SSSR count). The predicted octanol–water partition coefficient (Wildman–Crippen LogP) is 3.77. The number of carbonyl (C=O) groups excluding carboxylic acids is 2. The fourth-order valence-corrected chi connectivity index (χ4v) is 6.23. The van der Waals surface area contributed by atoms with E-state index in [2.05, 4.69) is 10.2 Å². The minimum Gasteiger partial charge on any atom is -0.456 e. The van der Waals surface area contributed by atoms with Crippen LogP contribution >= 0.6 is 0 Å². The number of hydrogen-bond acceptors (Lipinski definition) is 6. The molecule has 1 aromatic carbocycles. The summed E-state index contributed by atoms with van der Waals surface area (Å²) >= 11 is 0. The van der Waals surface area contributed by atoms with Crippen LogP contribution in [0.4, 0.5) is 11.4 Å². The molecule has 0 atom stereocenters. The third-order valence-electron chi connectivity index (χ3n) is 6.58. The average Bonchev–Trinajstić information content (AvgIpc) is 3.32. The number of nitrogens with zero attached hydrogens (tertiary/aromatic N) is 2. The number of rotatable bonds is 10. The molecule has 2 fully saturated rings. The molecule has 1 saturated carbocycles. The number of esters is 1. The van der Waals surface area contributed by atoms with Gasteiger partial charge in [0.1, 0.15) is 0 Å². The highest BCUT2D eigenvalue weighted by Crippen LogP contribution is 2.32. The van der Waals surface area contributed by atoms with Crippen molar-refractivity contribution in [1.29, 1.82) is 0 Å². The Bertz CT molecular complexity index is 918. The first-order chi connectivity index (χ1) is 15.8. The molecule has 2 aliphatic rings. The van der Waals surface area contributed by atoms with Gasteiger partial charge in [0, 0.05) is 32.6 Å². The van der Waals surface area contributed by atoms with Gasteiger partial charge in [0.2, 0.25) is 10.0 Å². The van der Waals surface area contributed by atoms with Gasteiger partial charge < -0.3 is 15.0 Å². The lowest BCUT2D eigenvalue weighted by atomic mass is 10.1. The van der Waals surface area contributed by atoms with Crippen molar-refractivity contribution in [2.75, 3.05) is 43.0 Å². The molecule has 0 unspecified atom stereocenters. The van der Waals surface area contributed by atoms with E-state index in [0.717, 1.165) is 63.7 Å². The van der Waals surface area contributed by atoms with Crippen molar-refractivity contribution >= 4 is 33.3 Å². The summed E-state index contributed by atoms with van der Waals surface area (Å²) in [5, 5.41) is 2.80. The van der Waals surface area contributed by atoms with Crippen LogP contribution < -0.4 is 10.2 Å². The van der Waals surface area contributed by atoms with E-state index in [0.29, 0.717) is 31.1 Å². The van der Waals surface area contributed by atoms with Crippen LogP contribution in [0.1, 0.15) is 65.2 Å². The topological polar surface area (TPSA) is 96.0 Å². The summed E-state index contributed by atoms with van der Waals surface area (Å²) in [4.78, 5) is 27.0. The van der Waals surface area contributed by atoms with Crippen molar-refractivity contribution in [3.8, 4) is 0 Å². The number of nitrogens with one attached hydrogen (secondary N) is 1. The van der Waals surface area contributed by atoms with E-state index in [4.69, 9.17) is 4.74 Å². The molecule has 1 N–H and O–H groups in total. The highest BCUT2D eigenvalue weighted by atomic mass is 32.2. The number of sulfonamides is 1. The zero-order valence-electron chi connectivity index (χ0n) is 19.8. The first kappa shape index (κ1) is 25.5. The number of carbonyl (C=O) groups is 2. The maximum absolute atomic E-state index is 13.0. The number of hydrogen-bond donors (Lipinski definition) is 1. The lowest BCUT2D eigenvalue weighted by Crippen LogP contribution is -2.32. The van der Waals surface area contributed by atoms with Crippen LogP contribution in [0, 0.1) is 5.92 Å². The second-order valence-corrected chi connectivity index (χ2v) is 10.8. The van der Waals surface area contributed by atoms with Crippen LogP contribution in [-0.4, -0.2) is 57.4 Å². The zero-order chi connectivity index (χ0) is 23.8. The van der Waals surface area contributed by atoms with Crippen LogP contribution in [0.25, 0.3) is 0 Å². The molecular weight excluding hydrogens is 442 g/mol. The summed E-state index contributed by atoms with van der Waals surface area (Å²) in [6, 6.07) is 4.90. The van der Waals surface area contributed by atoms with Crippen molar-refractivity contribution < 1.29 is 22.7 Å². The Kier molecular flexibility index (Phi) is 9.14. The van der Waals surface area contributed by atoms with Crippen molar-refractivity contribution in [3.05, 3.63) is 18.2 Å². The summed E-state index contributed by atoms with van der Waals surface area (Å²) in [5.41, 5.74) is 1.22. The third-order valence-corrected chi connectivity index (χ3v) is 8.62. The van der Waals surface area contributed by atoms with E-state index in [1.807, 2.05) is 0 Å². The normalized spacial score (nSPS) is 17.4. The molecule has 0 radical (unpaired) electrons. The van der Waals surface area contributed by atoms with Gasteiger partial charge in [0.05, 0.1) is 16.3 Å². The van der Waals surface area contributed by atoms with Gasteiger partial charge >= 0.3 is 5.97 Å². The molecule has 0 bridgehead atoms. The maximum atomic E-state index is 13.0. The summed E-state index contributed by atoms with van der Waals surface area (Å²) in [7, 11) is -3.67. The number of amides is 1. The van der Waals surface area contributed by atoms with Gasteiger partial charge in [-0.2, -0.15) is 4.31 Å². The SMILES string of the molecule is CCN(CC)S(=O)(=O)c1ccc(N2CCCCC2)c(NC(=O)COC(=O)CC2CCCC2)c1. The van der Waals surface area contributed by atoms with E-state index in [9.17, 15) is 18.0 Å². The number of benzene rings is 1. The molecule has 184 valence electrons. The Morgan fingerprint density at radius 2 is 1.73 bits per heavy atom. The molecular formula is C24H37N3O5S. The number of piperidine rings is 1. The lowest BCUT2D eigenvalue weighted by Gasteiger charge is -2.31. The molecule has 33 heavy (non-hydrogen) atoms. The van der Waals surface area contributed by atoms with Crippen LogP contribution in [0.3, 0.4) is 0 Å². The Morgan fingerprint density at radius 1 is 1.06 bits per heavy atom. The fraction of sp³-hybridized carbons (Fsp3) is 0.667. The highest BCUT2D eigenvalue weighted by molar-refractivity contribution is 7.89. The average molecular weight is 480 g/mol. The Morgan fingerprint density at radius 3 is 2.36 bits per heavy atom. The molecule has 0 aromatic heterocycles. The Hall–Kier alpha value is -2.13. The fourth-order valence-electron chi connectivity index (χ4n) is 4.74. The van der Waals surface area contributed by atoms with Crippen molar-refractivity contribution in [2.45, 2.75) is 70.1 Å². The van der Waals surface area contributed by atoms with Gasteiger partial charge in [-0.25, -0.2) is 8.42 Å². The lowest BCUT2D eigenvalue weighted by molar-refractivity contribution is -0.148. The standard InChI is InChI=1S/C24H37N3O5S/c1-3-27(4-2)33(30,31)20-12-13-22(26-14-8-5-9-15-26)21(17-20)25-23(28)18-32-24(29)16-19-10-6-7-11-19/h12-13,17,19H,3-11,14-16,18H2,1-2H3,(H,25,28). The summed E-state index contributed by atoms with van der Waals surface area (Å²) < 4.78 is 32.7. The monoisotopic (exact) mass is 479 g/mol. The van der Waals surface area contributed by atoms with Crippen molar-refractivity contribution in [1.82, 2.24) is 4.31 Å². The number of anilines is 2. The van der Waals surface area contributed by atoms with Gasteiger partial charge in [0.15, 0.2) is 6.61 Å². The molecule has 9 heteroatoms. The van der Waals surface area contributed by atoms with Crippen molar-refractivity contribution in [2.24, 2.45) is 5.92 Å². The highest BCUT2D eigenvalue weighted by Gasteiger charge is 2.25. The van der Waals surface area contributed by atoms with Gasteiger partial charge in [0.25, 0.3) is 5.91 Å². The second-order valence-electron chi connectivity index (χ2n) is 8.88. The van der Waals surface area contributed by atoms with Gasteiger partial charge in [-0.1, -0.05) is 26.7 Å². The van der Waals surface area contributed by atoms with E-state index in [1.165, 1.54) is 10.4 Å². The third kappa shape index (κ3) is 6.69. The molecule has 1 aliphatic carbocycles. The quantitative estimate of drug-likeness (QED) is 0.513. The minimum atomic E-state index is -3.67.